The van der Waals surface area contributed by atoms with Crippen LogP contribution in [0.5, 0.6) is 5.88 Å². The highest BCUT2D eigenvalue weighted by atomic mass is 35.5. The minimum absolute atomic E-state index is 0.0132. The number of benzodiazepines with no additional fused rings is 1. The van der Waals surface area contributed by atoms with Gasteiger partial charge in [-0.3, -0.25) is 24.5 Å². The zero-order chi connectivity index (χ0) is 27.9. The lowest BCUT2D eigenvalue weighted by Gasteiger charge is -2.12. The Bertz CT molecular complexity index is 1550. The van der Waals surface area contributed by atoms with Crippen molar-refractivity contribution in [2.45, 2.75) is 6.61 Å². The minimum Gasteiger partial charge on any atom is -0.471 e. The minimum atomic E-state index is -0.809. The van der Waals surface area contributed by atoms with Crippen molar-refractivity contribution in [3.8, 4) is 5.88 Å². The summed E-state index contributed by atoms with van der Waals surface area (Å²) in [6, 6.07) is 11.6. The maximum atomic E-state index is 12.9. The summed E-state index contributed by atoms with van der Waals surface area (Å²) in [7, 11) is 0. The second-order valence-corrected chi connectivity index (χ2v) is 9.11. The number of carbonyl (C=O) groups excluding carboxylic acids is 2. The average molecular weight is 588 g/mol. The summed E-state index contributed by atoms with van der Waals surface area (Å²) in [5.74, 6) is -1.68. The first-order valence-electron chi connectivity index (χ1n) is 11.1. The van der Waals surface area contributed by atoms with E-state index in [1.165, 1.54) is 18.6 Å². The number of nitrogens with zero attached hydrogens (tertiary/aromatic N) is 4. The van der Waals surface area contributed by atoms with Gasteiger partial charge in [-0.2, -0.15) is 0 Å². The van der Waals surface area contributed by atoms with Crippen molar-refractivity contribution in [1.82, 2.24) is 15.0 Å². The molecule has 3 N–H and O–H groups in total. The number of fused-ring (bicyclic) bond motifs is 1. The summed E-state index contributed by atoms with van der Waals surface area (Å²) in [4.78, 5) is 38.7. The van der Waals surface area contributed by atoms with Crippen LogP contribution in [0.1, 0.15) is 27.2 Å². The molecule has 1 aliphatic rings. The number of nitrogens with two attached hydrogens (primary N) is 1. The number of ether oxygens (including phenoxy) is 1. The first-order valence-corrected chi connectivity index (χ1v) is 12.3. The highest BCUT2D eigenvalue weighted by Crippen LogP contribution is 2.33. The molecule has 2 amide bonds. The van der Waals surface area contributed by atoms with Gasteiger partial charge in [0.2, 0.25) is 11.8 Å². The second kappa shape index (κ2) is 12.6. The zero-order valence-electron chi connectivity index (χ0n) is 19.9. The number of aromatic nitrogens is 3. The van der Waals surface area contributed by atoms with E-state index in [0.29, 0.717) is 37.7 Å². The van der Waals surface area contributed by atoms with Gasteiger partial charge in [0.05, 0.1) is 39.5 Å². The Morgan fingerprint density at radius 3 is 2.49 bits per heavy atom. The topological polar surface area (TPSA) is 132 Å². The second-order valence-electron chi connectivity index (χ2n) is 7.86. The third-order valence-corrected chi connectivity index (χ3v) is 5.95. The molecule has 0 saturated heterocycles. The molecule has 39 heavy (non-hydrogen) atoms. The van der Waals surface area contributed by atoms with E-state index in [-0.39, 0.29) is 30.5 Å². The Hall–Kier alpha value is -4.12. The van der Waals surface area contributed by atoms with Gasteiger partial charge in [-0.1, -0.05) is 53.0 Å². The van der Waals surface area contributed by atoms with Gasteiger partial charge in [-0.25, -0.2) is 9.37 Å². The van der Waals surface area contributed by atoms with E-state index in [1.807, 2.05) is 24.3 Å². The lowest BCUT2D eigenvalue weighted by molar-refractivity contribution is -0.114. The normalized spacial score (nSPS) is 12.2. The Morgan fingerprint density at radius 1 is 1.05 bits per heavy atom. The highest BCUT2D eigenvalue weighted by Gasteiger charge is 2.22. The van der Waals surface area contributed by atoms with Crippen LogP contribution in [-0.2, 0) is 11.4 Å². The number of rotatable bonds is 5. The van der Waals surface area contributed by atoms with Crippen molar-refractivity contribution in [2.75, 3.05) is 11.9 Å². The number of hydrogen-bond donors (Lipinski definition) is 2. The highest BCUT2D eigenvalue weighted by molar-refractivity contribution is 6.44. The molecule has 13 heteroatoms. The molecular weight excluding hydrogens is 570 g/mol. The van der Waals surface area contributed by atoms with E-state index >= 15 is 0 Å². The molecule has 0 radical (unpaired) electrons. The molecular formula is C26H18Cl3FN6O3. The summed E-state index contributed by atoms with van der Waals surface area (Å²) in [6.45, 7) is 0.0754. The van der Waals surface area contributed by atoms with Crippen LogP contribution < -0.4 is 15.8 Å². The van der Waals surface area contributed by atoms with Crippen LogP contribution in [0.4, 0.5) is 10.1 Å². The third-order valence-electron chi connectivity index (χ3n) is 5.14. The van der Waals surface area contributed by atoms with E-state index in [1.54, 1.807) is 12.1 Å². The van der Waals surface area contributed by atoms with Gasteiger partial charge in [0.15, 0.2) is 0 Å². The largest absolute Gasteiger partial charge is 0.471 e. The first kappa shape index (κ1) is 27.9. The van der Waals surface area contributed by atoms with E-state index in [2.05, 4.69) is 25.3 Å². The molecule has 0 unspecified atom stereocenters. The predicted octanol–water partition coefficient (Wildman–Crippen LogP) is 5.12. The summed E-state index contributed by atoms with van der Waals surface area (Å²) in [6.07, 6.45) is 5.48. The van der Waals surface area contributed by atoms with Crippen LogP contribution in [0.15, 0.2) is 72.2 Å². The fourth-order valence-corrected chi connectivity index (χ4v) is 4.47. The Kier molecular flexibility index (Phi) is 9.03. The smallest absolute Gasteiger partial charge is 0.254 e. The lowest BCUT2D eigenvalue weighted by Crippen LogP contribution is -2.14. The molecule has 0 atom stereocenters. The molecule has 0 fully saturated rings. The van der Waals surface area contributed by atoms with E-state index in [9.17, 15) is 14.0 Å². The molecule has 0 aliphatic carbocycles. The van der Waals surface area contributed by atoms with Crippen molar-refractivity contribution in [3.05, 3.63) is 111 Å². The van der Waals surface area contributed by atoms with E-state index in [4.69, 9.17) is 45.3 Å². The van der Waals surface area contributed by atoms with Gasteiger partial charge in [0.25, 0.3) is 5.91 Å². The molecule has 2 aromatic heterocycles. The Morgan fingerprint density at radius 2 is 1.79 bits per heavy atom. The van der Waals surface area contributed by atoms with Gasteiger partial charge < -0.3 is 15.8 Å². The van der Waals surface area contributed by atoms with Crippen LogP contribution in [0.2, 0.25) is 15.1 Å². The summed E-state index contributed by atoms with van der Waals surface area (Å²) in [5, 5.41) is 4.05. The Labute approximate surface area is 236 Å². The van der Waals surface area contributed by atoms with E-state index in [0.717, 1.165) is 17.8 Å². The quantitative estimate of drug-likeness (QED) is 0.333. The molecule has 2 aromatic carbocycles. The first-order chi connectivity index (χ1) is 18.7. The fourth-order valence-electron chi connectivity index (χ4n) is 3.47. The molecule has 1 aliphatic heterocycles. The number of aliphatic imine (C=N–C) groups is 1. The van der Waals surface area contributed by atoms with Crippen LogP contribution in [-0.4, -0.2) is 39.0 Å². The number of halogens is 4. The fraction of sp³-hybridized carbons (Fsp3) is 0.0769. The Balaban J connectivity index is 0.000000183. The summed E-state index contributed by atoms with van der Waals surface area (Å²) < 4.78 is 18.2. The van der Waals surface area contributed by atoms with Crippen LogP contribution in [0, 0.1) is 5.82 Å². The third kappa shape index (κ3) is 7.05. The maximum absolute atomic E-state index is 12.9. The van der Waals surface area contributed by atoms with Crippen molar-refractivity contribution in [3.63, 3.8) is 0 Å². The van der Waals surface area contributed by atoms with Gasteiger partial charge in [0, 0.05) is 28.5 Å². The van der Waals surface area contributed by atoms with Crippen molar-refractivity contribution in [2.24, 2.45) is 10.7 Å². The van der Waals surface area contributed by atoms with Gasteiger partial charge >= 0.3 is 0 Å². The van der Waals surface area contributed by atoms with Crippen molar-refractivity contribution < 1.29 is 18.7 Å². The lowest BCUT2D eigenvalue weighted by atomic mass is 10.0. The number of primary amides is 1. The number of carbonyl (C=O) groups is 2. The zero-order valence-corrected chi connectivity index (χ0v) is 22.1. The SMILES string of the molecule is NC(=O)c1cc(F)cnc1OCc1cnccn1.O=C1CN=C(c2c(Cl)cc(Cl)cc2Cl)c2ccccc2N1. The monoisotopic (exact) mass is 586 g/mol. The summed E-state index contributed by atoms with van der Waals surface area (Å²) in [5.41, 5.74) is 8.15. The molecule has 0 saturated carbocycles. The molecule has 0 bridgehead atoms. The van der Waals surface area contributed by atoms with Gasteiger partial charge in [0.1, 0.15) is 24.5 Å². The van der Waals surface area contributed by atoms with Gasteiger partial charge in [-0.15, -0.1) is 0 Å². The van der Waals surface area contributed by atoms with Crippen molar-refractivity contribution in [1.29, 1.82) is 0 Å². The standard InChI is InChI=1S/C15H9Cl3N2O.C11H9FN4O2/c16-8-5-10(17)14(11(18)6-8)15-9-3-1-2-4-12(9)20-13(21)7-19-15;12-7-3-9(10(13)17)11(16-4-7)18-6-8-5-14-1-2-15-8/h1-6H,7H2,(H,20,21);1-5H,6H2,(H2,13,17). The molecule has 5 rings (SSSR count). The summed E-state index contributed by atoms with van der Waals surface area (Å²) >= 11 is 18.5. The van der Waals surface area contributed by atoms with Crippen LogP contribution in [0.25, 0.3) is 0 Å². The van der Waals surface area contributed by atoms with Gasteiger partial charge in [-0.05, 0) is 24.3 Å². The number of anilines is 1. The van der Waals surface area contributed by atoms with E-state index < -0.39 is 11.7 Å². The molecule has 3 heterocycles. The molecule has 0 spiro atoms. The number of amides is 2. The number of pyridine rings is 1. The van der Waals surface area contributed by atoms with Crippen LogP contribution in [0.3, 0.4) is 0 Å². The number of benzene rings is 2. The number of para-hydroxylation sites is 1. The molecule has 198 valence electrons. The number of hydrogen-bond acceptors (Lipinski definition) is 7. The number of nitrogens with one attached hydrogen (secondary N) is 1. The van der Waals surface area contributed by atoms with Crippen molar-refractivity contribution >= 4 is 58.0 Å². The van der Waals surface area contributed by atoms with Crippen LogP contribution >= 0.6 is 34.8 Å². The maximum Gasteiger partial charge on any atom is 0.254 e. The average Bonchev–Trinajstić information content (AvgIpc) is 3.07. The molecule has 9 nitrogen and oxygen atoms in total. The predicted molar refractivity (Wildman–Crippen MR) is 146 cm³/mol. The molecule has 4 aromatic rings.